The van der Waals surface area contributed by atoms with Gasteiger partial charge in [-0.1, -0.05) is 24.3 Å². The fourth-order valence-corrected chi connectivity index (χ4v) is 4.45. The van der Waals surface area contributed by atoms with Crippen LogP contribution in [0.15, 0.2) is 54.9 Å². The van der Waals surface area contributed by atoms with Crippen LogP contribution in [0.3, 0.4) is 0 Å². The van der Waals surface area contributed by atoms with Gasteiger partial charge in [0.25, 0.3) is 0 Å². The van der Waals surface area contributed by atoms with Crippen LogP contribution < -0.4 is 4.74 Å². The van der Waals surface area contributed by atoms with Crippen LogP contribution >= 0.6 is 0 Å². The molecule has 5 atom stereocenters. The zero-order valence-corrected chi connectivity index (χ0v) is 22.2. The van der Waals surface area contributed by atoms with E-state index in [1.165, 1.54) is 35.3 Å². The molecule has 0 saturated carbocycles. The maximum atomic E-state index is 12.4. The Morgan fingerprint density at radius 3 is 2.15 bits per heavy atom. The summed E-state index contributed by atoms with van der Waals surface area (Å²) in [4.78, 5) is 10.4. The molecule has 10 nitrogen and oxygen atoms in total. The third-order valence-corrected chi connectivity index (χ3v) is 6.27. The summed E-state index contributed by atoms with van der Waals surface area (Å²) in [7, 11) is 6.58. The fourth-order valence-electron chi connectivity index (χ4n) is 4.45. The molecule has 39 heavy (non-hydrogen) atoms. The fraction of sp³-hybridized carbons (Fsp3) is 0.462. The number of nitrogens with zero attached hydrogens (tertiary/aromatic N) is 4. The van der Waals surface area contributed by atoms with Gasteiger partial charge in [0.15, 0.2) is 5.82 Å². The first kappa shape index (κ1) is 28.9. The Bertz CT molecular complexity index is 1190. The van der Waals surface area contributed by atoms with Crippen molar-refractivity contribution in [1.82, 2.24) is 19.8 Å². The van der Waals surface area contributed by atoms with Gasteiger partial charge in [-0.15, -0.1) is 18.3 Å². The van der Waals surface area contributed by atoms with Crippen LogP contribution in [0.4, 0.5) is 13.2 Å². The van der Waals surface area contributed by atoms with Gasteiger partial charge in [-0.3, -0.25) is 4.84 Å². The number of benzene rings is 2. The average Bonchev–Trinajstić information content (AvgIpc) is 3.38. The Morgan fingerprint density at radius 2 is 1.56 bits per heavy atom. The minimum absolute atomic E-state index is 0.262. The third-order valence-electron chi connectivity index (χ3n) is 6.27. The van der Waals surface area contributed by atoms with Crippen LogP contribution in [0.2, 0.25) is 0 Å². The molecule has 4 rings (SSSR count). The molecule has 0 N–H and O–H groups in total. The van der Waals surface area contributed by atoms with Crippen LogP contribution in [0.5, 0.6) is 5.75 Å². The number of hydroxylamine groups is 2. The molecular formula is C26H31F3N4O6. The first-order valence-electron chi connectivity index (χ1n) is 12.1. The molecule has 1 aromatic heterocycles. The molecule has 13 heteroatoms. The largest absolute Gasteiger partial charge is 0.573 e. The summed E-state index contributed by atoms with van der Waals surface area (Å²) in [6, 6.07) is 13.0. The van der Waals surface area contributed by atoms with Crippen molar-refractivity contribution in [2.45, 2.75) is 50.5 Å². The highest BCUT2D eigenvalue weighted by molar-refractivity contribution is 5.55. The van der Waals surface area contributed by atoms with E-state index >= 15 is 0 Å². The molecular weight excluding hydrogens is 521 g/mol. The van der Waals surface area contributed by atoms with E-state index in [4.69, 9.17) is 23.8 Å². The van der Waals surface area contributed by atoms with Crippen molar-refractivity contribution in [3.8, 4) is 22.8 Å². The second-order valence-corrected chi connectivity index (χ2v) is 8.95. The molecule has 1 saturated heterocycles. The highest BCUT2D eigenvalue weighted by Gasteiger charge is 2.46. The monoisotopic (exact) mass is 552 g/mol. The van der Waals surface area contributed by atoms with E-state index in [9.17, 15) is 13.2 Å². The maximum Gasteiger partial charge on any atom is 0.573 e. The lowest BCUT2D eigenvalue weighted by molar-refractivity contribution is -0.361. The lowest BCUT2D eigenvalue weighted by Gasteiger charge is -2.44. The summed E-state index contributed by atoms with van der Waals surface area (Å²) < 4.78 is 65.3. The summed E-state index contributed by atoms with van der Waals surface area (Å²) in [6.45, 7) is 2.36. The number of hydrogen-bond donors (Lipinski definition) is 0. The quantitative estimate of drug-likeness (QED) is 0.347. The van der Waals surface area contributed by atoms with Crippen LogP contribution in [0.1, 0.15) is 12.5 Å². The molecule has 1 fully saturated rings. The SMILES string of the molecule is COC1C(C)OC(ON(C)Cc2ccc(-c3ncn(-c4ccc(OC(F)(F)F)cc4)n3)cc2)C(OC)C1OC. The summed E-state index contributed by atoms with van der Waals surface area (Å²) >= 11 is 0. The molecule has 3 aromatic rings. The first-order valence-corrected chi connectivity index (χ1v) is 12.1. The third kappa shape index (κ3) is 7.12. The normalized spacial score (nSPS) is 23.8. The summed E-state index contributed by atoms with van der Waals surface area (Å²) in [6.07, 6.45) is -5.35. The molecule has 2 heterocycles. The molecule has 0 bridgehead atoms. The van der Waals surface area contributed by atoms with Gasteiger partial charge < -0.3 is 23.7 Å². The minimum atomic E-state index is -4.75. The number of rotatable bonds is 10. The van der Waals surface area contributed by atoms with E-state index in [1.807, 2.05) is 31.2 Å². The molecule has 0 radical (unpaired) electrons. The second kappa shape index (κ2) is 12.4. The first-order chi connectivity index (χ1) is 18.6. The summed E-state index contributed by atoms with van der Waals surface area (Å²) in [5.74, 6) is 0.156. The highest BCUT2D eigenvalue weighted by Crippen LogP contribution is 2.28. The van der Waals surface area contributed by atoms with Crippen LogP contribution in [0.25, 0.3) is 17.1 Å². The molecule has 0 amide bonds. The van der Waals surface area contributed by atoms with E-state index in [1.54, 1.807) is 33.4 Å². The Morgan fingerprint density at radius 1 is 0.923 bits per heavy atom. The Labute approximate surface area is 224 Å². The number of methoxy groups -OCH3 is 3. The number of halogens is 3. The van der Waals surface area contributed by atoms with Crippen molar-refractivity contribution >= 4 is 0 Å². The van der Waals surface area contributed by atoms with E-state index in [0.29, 0.717) is 18.1 Å². The van der Waals surface area contributed by atoms with Gasteiger partial charge in [0.05, 0.1) is 11.8 Å². The van der Waals surface area contributed by atoms with E-state index < -0.39 is 18.8 Å². The van der Waals surface area contributed by atoms with E-state index in [-0.39, 0.29) is 24.1 Å². The zero-order valence-electron chi connectivity index (χ0n) is 22.2. The van der Waals surface area contributed by atoms with Gasteiger partial charge in [-0.05, 0) is 36.8 Å². The van der Waals surface area contributed by atoms with Gasteiger partial charge in [-0.2, -0.15) is 5.06 Å². The smallest absolute Gasteiger partial charge is 0.406 e. The molecule has 1 aliphatic heterocycles. The maximum absolute atomic E-state index is 12.4. The van der Waals surface area contributed by atoms with Crippen LogP contribution in [-0.2, 0) is 30.3 Å². The van der Waals surface area contributed by atoms with Crippen molar-refractivity contribution in [2.24, 2.45) is 0 Å². The molecule has 2 aromatic carbocycles. The van der Waals surface area contributed by atoms with Crippen LogP contribution in [-0.4, -0.2) is 85.3 Å². The zero-order chi connectivity index (χ0) is 28.2. The number of aromatic nitrogens is 3. The summed E-state index contributed by atoms with van der Waals surface area (Å²) in [5.41, 5.74) is 2.28. The molecule has 1 aliphatic rings. The number of ether oxygens (including phenoxy) is 5. The average molecular weight is 553 g/mol. The molecule has 5 unspecified atom stereocenters. The molecule has 0 aliphatic carbocycles. The lowest BCUT2D eigenvalue weighted by Crippen LogP contribution is -2.60. The van der Waals surface area contributed by atoms with Crippen molar-refractivity contribution in [3.05, 3.63) is 60.4 Å². The van der Waals surface area contributed by atoms with Gasteiger partial charge in [0.1, 0.15) is 30.4 Å². The topological polar surface area (TPSA) is 89.3 Å². The standard InChI is InChI=1S/C26H31F3N4O6/c1-16-21(34-3)22(35-4)23(36-5)25(37-16)39-32(2)14-17-6-8-18(9-7-17)24-30-15-33(31-24)19-10-12-20(13-11-19)38-26(27,28)29/h6-13,15-16,21-23,25H,14H2,1-5H3. The number of hydrogen-bond acceptors (Lipinski definition) is 9. The van der Waals surface area contributed by atoms with Gasteiger partial charge in [0.2, 0.25) is 6.29 Å². The van der Waals surface area contributed by atoms with Crippen molar-refractivity contribution < 1.29 is 41.7 Å². The molecule has 0 spiro atoms. The second-order valence-electron chi connectivity index (χ2n) is 8.95. The Kier molecular flexibility index (Phi) is 9.20. The van der Waals surface area contributed by atoms with E-state index in [0.717, 1.165) is 11.1 Å². The Hall–Kier alpha value is -3.07. The summed E-state index contributed by atoms with van der Waals surface area (Å²) in [5, 5.41) is 6.09. The number of alkyl halides is 3. The predicted octanol–water partition coefficient (Wildman–Crippen LogP) is 3.99. The van der Waals surface area contributed by atoms with Crippen molar-refractivity contribution in [1.29, 1.82) is 0 Å². The van der Waals surface area contributed by atoms with Crippen molar-refractivity contribution in [3.63, 3.8) is 0 Å². The van der Waals surface area contributed by atoms with Crippen molar-refractivity contribution in [2.75, 3.05) is 28.4 Å². The predicted molar refractivity (Wildman–Crippen MR) is 133 cm³/mol. The Balaban J connectivity index is 1.37. The minimum Gasteiger partial charge on any atom is -0.406 e. The van der Waals surface area contributed by atoms with Gasteiger partial charge >= 0.3 is 6.36 Å². The van der Waals surface area contributed by atoms with Crippen LogP contribution in [0, 0.1) is 0 Å². The molecule has 212 valence electrons. The van der Waals surface area contributed by atoms with E-state index in [2.05, 4.69) is 14.8 Å². The highest BCUT2D eigenvalue weighted by atomic mass is 19.4. The van der Waals surface area contributed by atoms with Gasteiger partial charge in [0, 0.05) is 40.5 Å². The lowest BCUT2D eigenvalue weighted by atomic mass is 9.99. The van der Waals surface area contributed by atoms with Gasteiger partial charge in [-0.25, -0.2) is 9.67 Å².